The van der Waals surface area contributed by atoms with Gasteiger partial charge in [0.15, 0.2) is 0 Å². The van der Waals surface area contributed by atoms with E-state index in [2.05, 4.69) is 0 Å². The van der Waals surface area contributed by atoms with Crippen molar-refractivity contribution in [1.82, 2.24) is 0 Å². The van der Waals surface area contributed by atoms with E-state index in [-0.39, 0.29) is 0 Å². The van der Waals surface area contributed by atoms with Crippen molar-refractivity contribution in [3.05, 3.63) is 23.1 Å². The number of hydrogen-bond acceptors (Lipinski definition) is 2. The average molecular weight is 127 g/mol. The van der Waals surface area contributed by atoms with Gasteiger partial charge < -0.3 is 10.8 Å². The molecule has 3 N–H and O–H groups in total. The second kappa shape index (κ2) is 3.17. The molecule has 52 valence electrons. The van der Waals surface area contributed by atoms with Crippen molar-refractivity contribution >= 4 is 0 Å². The van der Waals surface area contributed by atoms with Crippen LogP contribution in [0.15, 0.2) is 23.1 Å². The molecule has 0 aliphatic carbocycles. The zero-order valence-electron chi connectivity index (χ0n) is 6.10. The standard InChI is InChI=1S/C7H13NO/c1-5(7(3)9)4-6(2)8/h4,9H,8H2,1-3H3/b6-4-,7-5+. The number of allylic oxidation sites excluding steroid dienone is 4. The summed E-state index contributed by atoms with van der Waals surface area (Å²) in [5.41, 5.74) is 6.87. The highest BCUT2D eigenvalue weighted by Crippen LogP contribution is 2.01. The molecule has 9 heavy (non-hydrogen) atoms. The Morgan fingerprint density at radius 1 is 1.33 bits per heavy atom. The molecule has 0 aromatic rings. The molecule has 0 aromatic heterocycles. The Morgan fingerprint density at radius 3 is 1.89 bits per heavy atom. The van der Waals surface area contributed by atoms with E-state index in [1.54, 1.807) is 19.9 Å². The van der Waals surface area contributed by atoms with Crippen molar-refractivity contribution in [2.75, 3.05) is 0 Å². The predicted molar refractivity (Wildman–Crippen MR) is 38.9 cm³/mol. The molecule has 0 aliphatic rings. The third kappa shape index (κ3) is 3.64. The van der Waals surface area contributed by atoms with Crippen LogP contribution in [0.2, 0.25) is 0 Å². The quantitative estimate of drug-likeness (QED) is 0.416. The monoisotopic (exact) mass is 127 g/mol. The summed E-state index contributed by atoms with van der Waals surface area (Å²) < 4.78 is 0. The molecule has 0 bridgehead atoms. The Bertz CT molecular complexity index is 148. The predicted octanol–water partition coefficient (Wildman–Crippen LogP) is 1.70. The molecule has 0 spiro atoms. The number of nitrogens with two attached hydrogens (primary N) is 1. The van der Waals surface area contributed by atoms with Crippen LogP contribution >= 0.6 is 0 Å². The van der Waals surface area contributed by atoms with Gasteiger partial charge in [0.2, 0.25) is 0 Å². The van der Waals surface area contributed by atoms with Gasteiger partial charge in [-0.15, -0.1) is 0 Å². The van der Waals surface area contributed by atoms with Gasteiger partial charge in [-0.05, 0) is 32.4 Å². The molecule has 0 saturated carbocycles. The normalized spacial score (nSPS) is 15.2. The molecule has 0 radical (unpaired) electrons. The van der Waals surface area contributed by atoms with E-state index in [0.29, 0.717) is 11.5 Å². The van der Waals surface area contributed by atoms with E-state index in [1.807, 2.05) is 6.92 Å². The van der Waals surface area contributed by atoms with E-state index >= 15 is 0 Å². The molecule has 0 rings (SSSR count). The maximum atomic E-state index is 8.85. The fourth-order valence-corrected chi connectivity index (χ4v) is 0.446. The molecule has 0 unspecified atom stereocenters. The third-order valence-electron chi connectivity index (χ3n) is 1.01. The second-order valence-corrected chi connectivity index (χ2v) is 2.16. The van der Waals surface area contributed by atoms with Crippen LogP contribution in [0.4, 0.5) is 0 Å². The zero-order chi connectivity index (χ0) is 7.44. The van der Waals surface area contributed by atoms with Crippen molar-refractivity contribution in [3.8, 4) is 0 Å². The van der Waals surface area contributed by atoms with Crippen LogP contribution < -0.4 is 5.73 Å². The van der Waals surface area contributed by atoms with Crippen LogP contribution in [-0.2, 0) is 0 Å². The van der Waals surface area contributed by atoms with E-state index in [4.69, 9.17) is 10.8 Å². The first-order chi connectivity index (χ1) is 4.04. The van der Waals surface area contributed by atoms with Crippen LogP contribution in [-0.4, -0.2) is 5.11 Å². The molecule has 2 nitrogen and oxygen atoms in total. The minimum absolute atomic E-state index is 0.319. The lowest BCUT2D eigenvalue weighted by molar-refractivity contribution is 0.409. The van der Waals surface area contributed by atoms with Crippen molar-refractivity contribution < 1.29 is 5.11 Å². The molecular weight excluding hydrogens is 114 g/mol. The van der Waals surface area contributed by atoms with Crippen LogP contribution in [0.25, 0.3) is 0 Å². The molecule has 0 aromatic carbocycles. The zero-order valence-corrected chi connectivity index (χ0v) is 6.10. The lowest BCUT2D eigenvalue weighted by Gasteiger charge is -1.94. The van der Waals surface area contributed by atoms with Gasteiger partial charge in [-0.1, -0.05) is 0 Å². The fraction of sp³-hybridized carbons (Fsp3) is 0.429. The van der Waals surface area contributed by atoms with Crippen LogP contribution in [0.1, 0.15) is 20.8 Å². The minimum Gasteiger partial charge on any atom is -0.512 e. The Morgan fingerprint density at radius 2 is 1.78 bits per heavy atom. The van der Waals surface area contributed by atoms with E-state index in [9.17, 15) is 0 Å². The summed E-state index contributed by atoms with van der Waals surface area (Å²) in [4.78, 5) is 0. The number of hydrogen-bond donors (Lipinski definition) is 2. The third-order valence-corrected chi connectivity index (χ3v) is 1.01. The molecule has 0 fully saturated rings. The maximum absolute atomic E-state index is 8.85. The van der Waals surface area contributed by atoms with Crippen molar-refractivity contribution in [2.45, 2.75) is 20.8 Å². The first kappa shape index (κ1) is 8.08. The molecule has 0 aliphatic heterocycles. The largest absolute Gasteiger partial charge is 0.512 e. The summed E-state index contributed by atoms with van der Waals surface area (Å²) in [6.07, 6.45) is 1.73. The van der Waals surface area contributed by atoms with E-state index < -0.39 is 0 Å². The Hall–Kier alpha value is -0.920. The molecule has 0 saturated heterocycles. The average Bonchev–Trinajstić information content (AvgIpc) is 1.63. The molecule has 0 amide bonds. The Balaban J connectivity index is 4.25. The van der Waals surface area contributed by atoms with E-state index in [0.717, 1.165) is 5.57 Å². The summed E-state index contributed by atoms with van der Waals surface area (Å²) in [5.74, 6) is 0.319. The van der Waals surface area contributed by atoms with Gasteiger partial charge in [-0.25, -0.2) is 0 Å². The topological polar surface area (TPSA) is 46.2 Å². The number of aliphatic hydroxyl groups is 1. The molecule has 0 heterocycles. The number of aliphatic hydroxyl groups excluding tert-OH is 1. The fourth-order valence-electron chi connectivity index (χ4n) is 0.446. The second-order valence-electron chi connectivity index (χ2n) is 2.16. The summed E-state index contributed by atoms with van der Waals surface area (Å²) in [7, 11) is 0. The van der Waals surface area contributed by atoms with Gasteiger partial charge in [0.25, 0.3) is 0 Å². The molecule has 0 atom stereocenters. The van der Waals surface area contributed by atoms with Gasteiger partial charge >= 0.3 is 0 Å². The molecule has 2 heteroatoms. The van der Waals surface area contributed by atoms with Gasteiger partial charge in [0.1, 0.15) is 0 Å². The highest BCUT2D eigenvalue weighted by atomic mass is 16.3. The van der Waals surface area contributed by atoms with Crippen molar-refractivity contribution in [2.24, 2.45) is 5.73 Å². The van der Waals surface area contributed by atoms with Gasteiger partial charge in [0, 0.05) is 5.70 Å². The van der Waals surface area contributed by atoms with Crippen LogP contribution in [0.3, 0.4) is 0 Å². The lowest BCUT2D eigenvalue weighted by atomic mass is 10.2. The van der Waals surface area contributed by atoms with E-state index in [1.165, 1.54) is 0 Å². The smallest absolute Gasteiger partial charge is 0.0921 e. The first-order valence-corrected chi connectivity index (χ1v) is 2.84. The maximum Gasteiger partial charge on any atom is 0.0921 e. The van der Waals surface area contributed by atoms with Crippen molar-refractivity contribution in [3.63, 3.8) is 0 Å². The highest BCUT2D eigenvalue weighted by molar-refractivity contribution is 5.20. The molecular formula is C7H13NO. The SMILES string of the molecule is C/C(N)=C/C(C)=C(\C)O. The highest BCUT2D eigenvalue weighted by Gasteiger charge is 1.87. The summed E-state index contributed by atoms with van der Waals surface area (Å²) >= 11 is 0. The summed E-state index contributed by atoms with van der Waals surface area (Å²) in [6.45, 7) is 5.23. The van der Waals surface area contributed by atoms with Crippen molar-refractivity contribution in [1.29, 1.82) is 0 Å². The van der Waals surface area contributed by atoms with Crippen LogP contribution in [0, 0.1) is 0 Å². The first-order valence-electron chi connectivity index (χ1n) is 2.84. The van der Waals surface area contributed by atoms with Gasteiger partial charge in [-0.3, -0.25) is 0 Å². The van der Waals surface area contributed by atoms with Crippen LogP contribution in [0.5, 0.6) is 0 Å². The van der Waals surface area contributed by atoms with Gasteiger partial charge in [0.05, 0.1) is 5.76 Å². The summed E-state index contributed by atoms with van der Waals surface area (Å²) in [5, 5.41) is 8.85. The lowest BCUT2D eigenvalue weighted by Crippen LogP contribution is -1.91. The van der Waals surface area contributed by atoms with Gasteiger partial charge in [-0.2, -0.15) is 0 Å². The summed E-state index contributed by atoms with van der Waals surface area (Å²) in [6, 6.07) is 0. The Labute approximate surface area is 55.7 Å². The number of rotatable bonds is 1. The minimum atomic E-state index is 0.319. The Kier molecular flexibility index (Phi) is 2.85.